The van der Waals surface area contributed by atoms with Crippen LogP contribution >= 0.6 is 27.3 Å². The van der Waals surface area contributed by atoms with Crippen LogP contribution in [0.3, 0.4) is 0 Å². The van der Waals surface area contributed by atoms with E-state index in [1.807, 2.05) is 41.8 Å². The molecule has 1 saturated carbocycles. The molecule has 1 amide bonds. The van der Waals surface area contributed by atoms with E-state index in [1.165, 1.54) is 13.8 Å². The molecule has 0 bridgehead atoms. The molecule has 202 valence electrons. The molecule has 0 spiro atoms. The number of nitrogens with zero attached hydrogens (tertiary/aromatic N) is 1. The number of rotatable bonds is 8. The van der Waals surface area contributed by atoms with E-state index in [2.05, 4.69) is 32.7 Å². The lowest BCUT2D eigenvalue weighted by atomic mass is 9.55. The van der Waals surface area contributed by atoms with Crippen LogP contribution in [0.4, 0.5) is 0 Å². The van der Waals surface area contributed by atoms with Gasteiger partial charge < -0.3 is 14.8 Å². The fourth-order valence-corrected chi connectivity index (χ4v) is 7.33. The first-order valence-corrected chi connectivity index (χ1v) is 14.4. The number of piperidine rings is 1. The van der Waals surface area contributed by atoms with Gasteiger partial charge in [-0.15, -0.1) is 17.9 Å². The van der Waals surface area contributed by atoms with Crippen LogP contribution in [-0.2, 0) is 24.5 Å². The average molecular weight is 602 g/mol. The number of carbonyl (C=O) groups is 3. The standard InChI is InChI=1S/C29H33BrN2O5S/c1-4-13-32-14-12-28(22-6-5-7-25(15-22)36-20(2)33)17-24(10-11-29(28,19-32)37-21(3)34)31-27(35)9-8-26-16-23(30)18-38-26/h4-9,15-16,18,24H,1,10-14,17,19H2,2-3H3,(H,31,35)/b9-8+/t24-,28-,29-/m0/s1. The van der Waals surface area contributed by atoms with Gasteiger partial charge in [0.15, 0.2) is 0 Å². The van der Waals surface area contributed by atoms with Crippen LogP contribution in [0.15, 0.2) is 58.9 Å². The van der Waals surface area contributed by atoms with Crippen LogP contribution in [0, 0.1) is 0 Å². The van der Waals surface area contributed by atoms with Gasteiger partial charge in [-0.05, 0) is 78.0 Å². The molecule has 1 aliphatic carbocycles. The van der Waals surface area contributed by atoms with Crippen LogP contribution in [0.1, 0.15) is 50.0 Å². The SMILES string of the molecule is C=CCN1CC[C@@]2(c3cccc(OC(C)=O)c3)C[C@@H](NC(=O)/C=C/c3cc(Br)cs3)CC[C@]2(OC(C)=O)C1. The molecule has 1 N–H and O–H groups in total. The van der Waals surface area contributed by atoms with Gasteiger partial charge in [-0.25, -0.2) is 0 Å². The predicted molar refractivity (Wildman–Crippen MR) is 152 cm³/mol. The Morgan fingerprint density at radius 3 is 2.74 bits per heavy atom. The van der Waals surface area contributed by atoms with Crippen LogP contribution in [0.2, 0.25) is 0 Å². The topological polar surface area (TPSA) is 84.9 Å². The van der Waals surface area contributed by atoms with Crippen molar-refractivity contribution in [3.05, 3.63) is 69.4 Å². The summed E-state index contributed by atoms with van der Waals surface area (Å²) in [7, 11) is 0. The minimum atomic E-state index is -0.796. The Kier molecular flexibility index (Phi) is 8.90. The lowest BCUT2D eigenvalue weighted by Gasteiger charge is -2.59. The predicted octanol–water partition coefficient (Wildman–Crippen LogP) is 5.25. The fraction of sp³-hybridized carbons (Fsp3) is 0.414. The van der Waals surface area contributed by atoms with Gasteiger partial charge >= 0.3 is 11.9 Å². The zero-order chi connectivity index (χ0) is 27.3. The molecule has 2 fully saturated rings. The molecule has 9 heteroatoms. The Balaban J connectivity index is 1.68. The third-order valence-corrected chi connectivity index (χ3v) is 9.06. The van der Waals surface area contributed by atoms with E-state index in [-0.39, 0.29) is 17.9 Å². The van der Waals surface area contributed by atoms with E-state index in [0.29, 0.717) is 44.5 Å². The summed E-state index contributed by atoms with van der Waals surface area (Å²) in [6, 6.07) is 9.34. The first-order chi connectivity index (χ1) is 18.1. The van der Waals surface area contributed by atoms with Crippen LogP contribution in [0.5, 0.6) is 5.75 Å². The maximum atomic E-state index is 12.9. The van der Waals surface area contributed by atoms with Crippen molar-refractivity contribution in [1.82, 2.24) is 10.2 Å². The van der Waals surface area contributed by atoms with Crippen LogP contribution in [0.25, 0.3) is 6.08 Å². The Bertz CT molecular complexity index is 1240. The van der Waals surface area contributed by atoms with Crippen molar-refractivity contribution in [2.24, 2.45) is 0 Å². The van der Waals surface area contributed by atoms with E-state index in [1.54, 1.807) is 23.5 Å². The number of ether oxygens (including phenoxy) is 2. The van der Waals surface area contributed by atoms with E-state index in [4.69, 9.17) is 9.47 Å². The van der Waals surface area contributed by atoms with Gasteiger partial charge in [0.1, 0.15) is 11.4 Å². The Morgan fingerprint density at radius 1 is 1.24 bits per heavy atom. The van der Waals surface area contributed by atoms with E-state index < -0.39 is 17.0 Å². The molecule has 2 aliphatic rings. The number of amides is 1. The zero-order valence-electron chi connectivity index (χ0n) is 21.7. The van der Waals surface area contributed by atoms with Gasteiger partial charge in [0.05, 0.1) is 0 Å². The normalized spacial score (nSPS) is 25.4. The maximum Gasteiger partial charge on any atom is 0.308 e. The summed E-state index contributed by atoms with van der Waals surface area (Å²) in [6.45, 7) is 8.74. The lowest BCUT2D eigenvalue weighted by molar-refractivity contribution is -0.186. The summed E-state index contributed by atoms with van der Waals surface area (Å²) in [5, 5.41) is 5.16. The summed E-state index contributed by atoms with van der Waals surface area (Å²) in [4.78, 5) is 40.3. The van der Waals surface area contributed by atoms with Crippen molar-refractivity contribution in [3.8, 4) is 5.75 Å². The van der Waals surface area contributed by atoms with Crippen LogP contribution < -0.4 is 10.1 Å². The Hall–Kier alpha value is -2.75. The maximum absolute atomic E-state index is 12.9. The summed E-state index contributed by atoms with van der Waals surface area (Å²) in [5.41, 5.74) is -0.436. The molecule has 0 unspecified atom stereocenters. The molecule has 3 atom stereocenters. The number of hydrogen-bond acceptors (Lipinski definition) is 7. The highest BCUT2D eigenvalue weighted by Crippen LogP contribution is 2.54. The van der Waals surface area contributed by atoms with Crippen molar-refractivity contribution >= 4 is 51.2 Å². The summed E-state index contributed by atoms with van der Waals surface area (Å²) in [6.07, 6.45) is 7.80. The fourth-order valence-electron chi connectivity index (χ4n) is 5.99. The minimum Gasteiger partial charge on any atom is -0.457 e. The highest BCUT2D eigenvalue weighted by atomic mass is 79.9. The van der Waals surface area contributed by atoms with Gasteiger partial charge in [0.25, 0.3) is 0 Å². The molecule has 7 nitrogen and oxygen atoms in total. The van der Waals surface area contributed by atoms with E-state index in [0.717, 1.165) is 21.5 Å². The summed E-state index contributed by atoms with van der Waals surface area (Å²) >= 11 is 4.99. The molecular weight excluding hydrogens is 568 g/mol. The van der Waals surface area contributed by atoms with E-state index in [9.17, 15) is 14.4 Å². The molecule has 38 heavy (non-hydrogen) atoms. The zero-order valence-corrected chi connectivity index (χ0v) is 24.1. The van der Waals surface area contributed by atoms with Gasteiger partial charge in [-0.1, -0.05) is 18.2 Å². The van der Waals surface area contributed by atoms with Crippen molar-refractivity contribution in [2.45, 2.75) is 56.6 Å². The van der Waals surface area contributed by atoms with E-state index >= 15 is 0 Å². The largest absolute Gasteiger partial charge is 0.457 e. The number of halogens is 1. The molecule has 1 aromatic heterocycles. The third-order valence-electron chi connectivity index (χ3n) is 7.41. The molecule has 1 aliphatic heterocycles. The van der Waals surface area contributed by atoms with Gasteiger partial charge in [0, 0.05) is 59.2 Å². The first-order valence-electron chi connectivity index (χ1n) is 12.7. The van der Waals surface area contributed by atoms with Gasteiger partial charge in [-0.3, -0.25) is 19.3 Å². The van der Waals surface area contributed by atoms with Crippen molar-refractivity contribution in [3.63, 3.8) is 0 Å². The lowest BCUT2D eigenvalue weighted by Crippen LogP contribution is -2.68. The minimum absolute atomic E-state index is 0.116. The number of likely N-dealkylation sites (tertiary alicyclic amines) is 1. The van der Waals surface area contributed by atoms with Gasteiger partial charge in [0.2, 0.25) is 5.91 Å². The van der Waals surface area contributed by atoms with Crippen molar-refractivity contribution in [1.29, 1.82) is 0 Å². The highest BCUT2D eigenvalue weighted by molar-refractivity contribution is 9.10. The monoisotopic (exact) mass is 600 g/mol. The second-order valence-corrected chi connectivity index (χ2v) is 11.9. The molecule has 4 rings (SSSR count). The molecule has 1 aromatic carbocycles. The number of esters is 2. The number of benzene rings is 1. The number of thiophene rings is 1. The third kappa shape index (κ3) is 6.27. The average Bonchev–Trinajstić information content (AvgIpc) is 3.27. The molecule has 2 aromatic rings. The summed E-state index contributed by atoms with van der Waals surface area (Å²) in [5.74, 6) is -0.443. The number of hydrogen-bond donors (Lipinski definition) is 1. The number of fused-ring (bicyclic) bond motifs is 1. The second-order valence-electron chi connectivity index (χ2n) is 10.0. The first kappa shape index (κ1) is 28.3. The van der Waals surface area contributed by atoms with Gasteiger partial charge in [-0.2, -0.15) is 0 Å². The Labute approximate surface area is 236 Å². The molecule has 1 saturated heterocycles. The van der Waals surface area contributed by atoms with Crippen molar-refractivity contribution < 1.29 is 23.9 Å². The number of nitrogens with one attached hydrogen (secondary N) is 1. The molecule has 0 radical (unpaired) electrons. The summed E-state index contributed by atoms with van der Waals surface area (Å²) < 4.78 is 12.6. The smallest absolute Gasteiger partial charge is 0.308 e. The quantitative estimate of drug-likeness (QED) is 0.193. The molecule has 2 heterocycles. The van der Waals surface area contributed by atoms with Crippen LogP contribution in [-0.4, -0.2) is 54.0 Å². The van der Waals surface area contributed by atoms with Crippen molar-refractivity contribution in [2.75, 3.05) is 19.6 Å². The Morgan fingerprint density at radius 2 is 2.05 bits per heavy atom. The second kappa shape index (κ2) is 12.0. The molecular formula is C29H33BrN2O5S. The highest BCUT2D eigenvalue weighted by Gasteiger charge is 2.60. The number of carbonyl (C=O) groups excluding carboxylic acids is 3.